The summed E-state index contributed by atoms with van der Waals surface area (Å²) in [5, 5.41) is 0. The predicted octanol–water partition coefficient (Wildman–Crippen LogP) is 4.34. The lowest BCUT2D eigenvalue weighted by Gasteiger charge is -2.18. The largest absolute Gasteiger partial charge is 0.496 e. The third-order valence-corrected chi connectivity index (χ3v) is 4.19. The first kappa shape index (κ1) is 15.6. The van der Waals surface area contributed by atoms with E-state index < -0.39 is 0 Å². The first-order chi connectivity index (χ1) is 10.1. The number of ether oxygens (including phenoxy) is 3. The summed E-state index contributed by atoms with van der Waals surface area (Å²) in [5.74, 6) is 1.60. The zero-order valence-electron chi connectivity index (χ0n) is 12.0. The number of alkyl halides is 1. The van der Waals surface area contributed by atoms with Crippen molar-refractivity contribution in [2.24, 2.45) is 0 Å². The van der Waals surface area contributed by atoms with Crippen molar-refractivity contribution in [3.8, 4) is 17.2 Å². The molecule has 5 heteroatoms. The maximum absolute atomic E-state index is 13.0. The molecule has 2 aromatic rings. The summed E-state index contributed by atoms with van der Waals surface area (Å²) in [5.41, 5.74) is 1.80. The topological polar surface area (TPSA) is 27.7 Å². The zero-order chi connectivity index (χ0) is 15.4. The lowest BCUT2D eigenvalue weighted by Crippen LogP contribution is -2.00. The van der Waals surface area contributed by atoms with E-state index >= 15 is 0 Å². The summed E-state index contributed by atoms with van der Waals surface area (Å²) in [6.07, 6.45) is 0. The van der Waals surface area contributed by atoms with Crippen LogP contribution >= 0.6 is 15.9 Å². The minimum atomic E-state index is -0.266. The van der Waals surface area contributed by atoms with Gasteiger partial charge >= 0.3 is 0 Å². The monoisotopic (exact) mass is 354 g/mol. The number of methoxy groups -OCH3 is 3. The average molecular weight is 355 g/mol. The van der Waals surface area contributed by atoms with Gasteiger partial charge in [0.25, 0.3) is 0 Å². The van der Waals surface area contributed by atoms with Crippen molar-refractivity contribution >= 4 is 15.9 Å². The second kappa shape index (κ2) is 6.80. The van der Waals surface area contributed by atoms with E-state index in [0.717, 1.165) is 11.1 Å². The molecule has 0 fully saturated rings. The van der Waals surface area contributed by atoms with Crippen molar-refractivity contribution in [3.63, 3.8) is 0 Å². The van der Waals surface area contributed by atoms with Gasteiger partial charge in [0.05, 0.1) is 26.2 Å². The highest BCUT2D eigenvalue weighted by Crippen LogP contribution is 2.42. The molecule has 0 aromatic heterocycles. The van der Waals surface area contributed by atoms with Crippen LogP contribution in [0.25, 0.3) is 0 Å². The van der Waals surface area contributed by atoms with Crippen LogP contribution in [0.1, 0.15) is 16.0 Å². The summed E-state index contributed by atoms with van der Waals surface area (Å²) in [4.78, 5) is -0.146. The van der Waals surface area contributed by atoms with E-state index in [1.807, 2.05) is 6.07 Å². The third-order valence-electron chi connectivity index (χ3n) is 3.17. The zero-order valence-corrected chi connectivity index (χ0v) is 13.6. The second-order valence-corrected chi connectivity index (χ2v) is 5.28. The van der Waals surface area contributed by atoms with Crippen LogP contribution in [-0.4, -0.2) is 21.3 Å². The molecule has 0 heterocycles. The van der Waals surface area contributed by atoms with Crippen LogP contribution in [0.4, 0.5) is 4.39 Å². The lowest BCUT2D eigenvalue weighted by molar-refractivity contribution is 0.347. The Labute approximate surface area is 131 Å². The molecule has 0 radical (unpaired) electrons. The van der Waals surface area contributed by atoms with Crippen molar-refractivity contribution in [3.05, 3.63) is 53.3 Å². The molecule has 0 spiro atoms. The molecule has 3 nitrogen and oxygen atoms in total. The van der Waals surface area contributed by atoms with Gasteiger partial charge in [-0.05, 0) is 23.8 Å². The van der Waals surface area contributed by atoms with Crippen LogP contribution in [0.15, 0.2) is 36.4 Å². The Hall–Kier alpha value is -1.75. The van der Waals surface area contributed by atoms with E-state index in [1.165, 1.54) is 12.1 Å². The maximum Gasteiger partial charge on any atom is 0.164 e. The molecule has 112 valence electrons. The lowest BCUT2D eigenvalue weighted by atomic mass is 10.0. The first-order valence-corrected chi connectivity index (χ1v) is 7.21. The Balaban J connectivity index is 2.48. The number of hydrogen-bond acceptors (Lipinski definition) is 3. The Morgan fingerprint density at radius 1 is 0.857 bits per heavy atom. The molecule has 0 N–H and O–H groups in total. The van der Waals surface area contributed by atoms with Crippen molar-refractivity contribution in [1.29, 1.82) is 0 Å². The molecule has 1 atom stereocenters. The smallest absolute Gasteiger partial charge is 0.164 e. The summed E-state index contributed by atoms with van der Waals surface area (Å²) < 4.78 is 29.0. The van der Waals surface area contributed by atoms with Crippen molar-refractivity contribution < 1.29 is 18.6 Å². The van der Waals surface area contributed by atoms with E-state index in [9.17, 15) is 4.39 Å². The van der Waals surface area contributed by atoms with E-state index in [1.54, 1.807) is 39.5 Å². The van der Waals surface area contributed by atoms with Gasteiger partial charge in [-0.3, -0.25) is 0 Å². The van der Waals surface area contributed by atoms with Gasteiger partial charge in [-0.25, -0.2) is 4.39 Å². The van der Waals surface area contributed by atoms with Gasteiger partial charge in [-0.15, -0.1) is 0 Å². The van der Waals surface area contributed by atoms with E-state index in [2.05, 4.69) is 15.9 Å². The highest BCUT2D eigenvalue weighted by molar-refractivity contribution is 9.09. The van der Waals surface area contributed by atoms with E-state index in [4.69, 9.17) is 14.2 Å². The van der Waals surface area contributed by atoms with Crippen LogP contribution in [0.3, 0.4) is 0 Å². The van der Waals surface area contributed by atoms with Gasteiger partial charge < -0.3 is 14.2 Å². The Morgan fingerprint density at radius 2 is 1.38 bits per heavy atom. The molecule has 2 rings (SSSR count). The number of rotatable bonds is 5. The van der Waals surface area contributed by atoms with E-state index in [0.29, 0.717) is 17.2 Å². The Kier molecular flexibility index (Phi) is 5.07. The normalized spacial score (nSPS) is 11.9. The molecule has 0 aliphatic carbocycles. The molecule has 1 unspecified atom stereocenters. The SMILES string of the molecule is COc1cc(OC)c(C(Br)c2ccc(F)cc2)cc1OC. The van der Waals surface area contributed by atoms with Crippen LogP contribution < -0.4 is 14.2 Å². The van der Waals surface area contributed by atoms with Crippen LogP contribution in [0, 0.1) is 5.82 Å². The van der Waals surface area contributed by atoms with Gasteiger partial charge in [-0.2, -0.15) is 0 Å². The summed E-state index contributed by atoms with van der Waals surface area (Å²) in [6, 6.07) is 9.93. The minimum absolute atomic E-state index is 0.146. The second-order valence-electron chi connectivity index (χ2n) is 4.36. The van der Waals surface area contributed by atoms with Crippen LogP contribution in [0.5, 0.6) is 17.2 Å². The molecule has 0 bridgehead atoms. The molecule has 0 amide bonds. The van der Waals surface area contributed by atoms with Crippen molar-refractivity contribution in [2.45, 2.75) is 4.83 Å². The third kappa shape index (κ3) is 3.29. The Bertz CT molecular complexity index is 614. The summed E-state index contributed by atoms with van der Waals surface area (Å²) in [7, 11) is 4.74. The minimum Gasteiger partial charge on any atom is -0.496 e. The number of benzene rings is 2. The van der Waals surface area contributed by atoms with Crippen LogP contribution in [0.2, 0.25) is 0 Å². The molecule has 21 heavy (non-hydrogen) atoms. The number of hydrogen-bond donors (Lipinski definition) is 0. The number of halogens is 2. The van der Waals surface area contributed by atoms with Gasteiger partial charge in [0.15, 0.2) is 11.5 Å². The fraction of sp³-hybridized carbons (Fsp3) is 0.250. The van der Waals surface area contributed by atoms with E-state index in [-0.39, 0.29) is 10.6 Å². The summed E-state index contributed by atoms with van der Waals surface area (Å²) >= 11 is 3.62. The molecular formula is C16H16BrFO3. The summed E-state index contributed by atoms with van der Waals surface area (Å²) in [6.45, 7) is 0. The Morgan fingerprint density at radius 3 is 1.90 bits per heavy atom. The quantitative estimate of drug-likeness (QED) is 0.747. The van der Waals surface area contributed by atoms with Gasteiger partial charge in [0.2, 0.25) is 0 Å². The van der Waals surface area contributed by atoms with Crippen molar-refractivity contribution in [1.82, 2.24) is 0 Å². The van der Waals surface area contributed by atoms with Crippen LogP contribution in [-0.2, 0) is 0 Å². The van der Waals surface area contributed by atoms with Crippen molar-refractivity contribution in [2.75, 3.05) is 21.3 Å². The average Bonchev–Trinajstić information content (AvgIpc) is 2.53. The highest BCUT2D eigenvalue weighted by atomic mass is 79.9. The maximum atomic E-state index is 13.0. The highest BCUT2D eigenvalue weighted by Gasteiger charge is 2.19. The van der Waals surface area contributed by atoms with Gasteiger partial charge in [-0.1, -0.05) is 28.1 Å². The molecular weight excluding hydrogens is 339 g/mol. The standard InChI is InChI=1S/C16H16BrFO3/c1-19-13-9-15(21-3)14(20-2)8-12(13)16(17)10-4-6-11(18)7-5-10/h4-9,16H,1-3H3. The van der Waals surface area contributed by atoms with Gasteiger partial charge in [0, 0.05) is 11.6 Å². The fourth-order valence-corrected chi connectivity index (χ4v) is 2.73. The molecule has 0 saturated heterocycles. The van der Waals surface area contributed by atoms with Gasteiger partial charge in [0.1, 0.15) is 11.6 Å². The first-order valence-electron chi connectivity index (χ1n) is 6.30. The molecule has 0 aliphatic heterocycles. The predicted molar refractivity (Wildman–Crippen MR) is 83.3 cm³/mol. The molecule has 2 aromatic carbocycles. The molecule has 0 saturated carbocycles. The fourth-order valence-electron chi connectivity index (χ4n) is 2.06. The molecule has 0 aliphatic rings.